The van der Waals surface area contributed by atoms with Crippen LogP contribution in [0.1, 0.15) is 25.1 Å². The van der Waals surface area contributed by atoms with Crippen LogP contribution in [0.15, 0.2) is 15.9 Å². The molecule has 0 aliphatic heterocycles. The number of hydrogen-bond donors (Lipinski definition) is 2. The van der Waals surface area contributed by atoms with E-state index < -0.39 is 0 Å². The highest BCUT2D eigenvalue weighted by Crippen LogP contribution is 2.30. The third-order valence-electron chi connectivity index (χ3n) is 2.31. The molecule has 0 spiro atoms. The zero-order valence-corrected chi connectivity index (χ0v) is 12.5. The number of nitrogens with one attached hydrogen (secondary N) is 1. The van der Waals surface area contributed by atoms with Crippen molar-refractivity contribution in [2.75, 3.05) is 18.8 Å². The molecule has 4 heteroatoms. The molecule has 0 fully saturated rings. The molecule has 0 bridgehead atoms. The molecule has 1 aromatic heterocycles. The molecule has 1 N–H and O–H groups in total. The van der Waals surface area contributed by atoms with E-state index in [0.29, 0.717) is 0 Å². The van der Waals surface area contributed by atoms with E-state index in [2.05, 4.69) is 59.2 Å². The van der Waals surface area contributed by atoms with Gasteiger partial charge >= 0.3 is 0 Å². The van der Waals surface area contributed by atoms with E-state index in [-0.39, 0.29) is 5.41 Å². The molecule has 0 aliphatic rings. The minimum atomic E-state index is 0.216. The van der Waals surface area contributed by atoms with Gasteiger partial charge in [-0.1, -0.05) is 13.8 Å². The summed E-state index contributed by atoms with van der Waals surface area (Å²) in [4.78, 5) is 1.42. The van der Waals surface area contributed by atoms with Crippen LogP contribution < -0.4 is 5.32 Å². The lowest BCUT2D eigenvalue weighted by atomic mass is 9.91. The van der Waals surface area contributed by atoms with E-state index in [1.54, 1.807) is 0 Å². The van der Waals surface area contributed by atoms with Crippen LogP contribution in [0.2, 0.25) is 0 Å². The number of thiol groups is 1. The van der Waals surface area contributed by atoms with Gasteiger partial charge in [-0.3, -0.25) is 0 Å². The highest BCUT2D eigenvalue weighted by Gasteiger charge is 2.21. The lowest BCUT2D eigenvalue weighted by Crippen LogP contribution is -2.32. The lowest BCUT2D eigenvalue weighted by molar-refractivity contribution is 0.478. The van der Waals surface area contributed by atoms with Gasteiger partial charge in [-0.15, -0.1) is 11.3 Å². The summed E-state index contributed by atoms with van der Waals surface area (Å²) in [6.45, 7) is 6.63. The molecule has 0 amide bonds. The van der Waals surface area contributed by atoms with Gasteiger partial charge in [0.25, 0.3) is 0 Å². The van der Waals surface area contributed by atoms with Gasteiger partial charge in [0.1, 0.15) is 0 Å². The number of hydrogen-bond acceptors (Lipinski definition) is 3. The first-order chi connectivity index (χ1) is 7.06. The van der Waals surface area contributed by atoms with E-state index in [1.165, 1.54) is 9.35 Å². The summed E-state index contributed by atoms with van der Waals surface area (Å²) in [6.07, 6.45) is 1.13. The monoisotopic (exact) mass is 307 g/mol. The number of thiophene rings is 1. The summed E-state index contributed by atoms with van der Waals surface area (Å²) in [6, 6.07) is 2.21. The molecule has 0 radical (unpaired) electrons. The average Bonchev–Trinajstić information content (AvgIpc) is 2.60. The fourth-order valence-corrected chi connectivity index (χ4v) is 3.07. The van der Waals surface area contributed by atoms with Gasteiger partial charge in [0.2, 0.25) is 0 Å². The van der Waals surface area contributed by atoms with Crippen LogP contribution in [0.3, 0.4) is 0 Å². The molecular formula is C11H18BrNS2. The van der Waals surface area contributed by atoms with Crippen LogP contribution in [0.4, 0.5) is 0 Å². The summed E-state index contributed by atoms with van der Waals surface area (Å²) in [7, 11) is 0. The Kier molecular flexibility index (Phi) is 5.68. The Bertz CT molecular complexity index is 297. The number of halogens is 1. The normalized spacial score (nSPS) is 12.0. The predicted octanol–water partition coefficient (Wildman–Crippen LogP) is 3.70. The van der Waals surface area contributed by atoms with Crippen molar-refractivity contribution >= 4 is 39.9 Å². The minimum Gasteiger partial charge on any atom is -0.316 e. The molecule has 1 heterocycles. The molecule has 15 heavy (non-hydrogen) atoms. The second-order valence-corrected chi connectivity index (χ2v) is 6.54. The highest BCUT2D eigenvalue weighted by atomic mass is 79.9. The topological polar surface area (TPSA) is 12.0 Å². The van der Waals surface area contributed by atoms with Crippen molar-refractivity contribution in [1.82, 2.24) is 5.32 Å². The highest BCUT2D eigenvalue weighted by molar-refractivity contribution is 9.10. The molecule has 0 aromatic carbocycles. The molecular weight excluding hydrogens is 290 g/mol. The third-order valence-corrected chi connectivity index (χ3v) is 4.69. The van der Waals surface area contributed by atoms with Crippen LogP contribution in [-0.4, -0.2) is 18.8 Å². The van der Waals surface area contributed by atoms with Crippen LogP contribution in [-0.2, 0) is 5.41 Å². The van der Waals surface area contributed by atoms with Gasteiger partial charge in [0.15, 0.2) is 0 Å². The van der Waals surface area contributed by atoms with Gasteiger partial charge in [0, 0.05) is 26.7 Å². The van der Waals surface area contributed by atoms with E-state index in [4.69, 9.17) is 0 Å². The Morgan fingerprint density at radius 2 is 2.27 bits per heavy atom. The smallest absolute Gasteiger partial charge is 0.0285 e. The Labute approximate surface area is 110 Å². The quantitative estimate of drug-likeness (QED) is 0.603. The van der Waals surface area contributed by atoms with Crippen molar-refractivity contribution in [3.05, 3.63) is 20.8 Å². The summed E-state index contributed by atoms with van der Waals surface area (Å²) >= 11 is 9.51. The van der Waals surface area contributed by atoms with Crippen molar-refractivity contribution < 1.29 is 0 Å². The molecule has 1 rings (SSSR count). The average molecular weight is 308 g/mol. The summed E-state index contributed by atoms with van der Waals surface area (Å²) in [5.41, 5.74) is 0.216. The van der Waals surface area contributed by atoms with Crippen LogP contribution in [0, 0.1) is 0 Å². The van der Waals surface area contributed by atoms with E-state index >= 15 is 0 Å². The second kappa shape index (κ2) is 6.28. The molecule has 0 saturated carbocycles. The maximum Gasteiger partial charge on any atom is 0.0285 e. The van der Waals surface area contributed by atoms with Crippen LogP contribution >= 0.6 is 39.9 Å². The van der Waals surface area contributed by atoms with Gasteiger partial charge in [-0.05, 0) is 40.7 Å². The first-order valence-electron chi connectivity index (χ1n) is 5.12. The molecule has 1 aromatic rings. The van der Waals surface area contributed by atoms with Crippen LogP contribution in [0.5, 0.6) is 0 Å². The molecule has 86 valence electrons. The zero-order chi connectivity index (χ0) is 11.3. The maximum absolute atomic E-state index is 4.20. The van der Waals surface area contributed by atoms with Gasteiger partial charge < -0.3 is 5.32 Å². The molecule has 0 saturated heterocycles. The third kappa shape index (κ3) is 4.47. The molecule has 0 unspecified atom stereocenters. The zero-order valence-electron chi connectivity index (χ0n) is 9.22. The minimum absolute atomic E-state index is 0.216. The standard InChI is InChI=1S/C11H18BrNS2/c1-11(2,8-13-4-3-5-14)10-6-9(12)7-15-10/h6-7,13-14H,3-5,8H2,1-2H3. The number of rotatable bonds is 6. The van der Waals surface area contributed by atoms with Gasteiger partial charge in [-0.25, -0.2) is 0 Å². The maximum atomic E-state index is 4.20. The van der Waals surface area contributed by atoms with Gasteiger partial charge in [-0.2, -0.15) is 12.6 Å². The predicted molar refractivity (Wildman–Crippen MR) is 76.4 cm³/mol. The van der Waals surface area contributed by atoms with Crippen molar-refractivity contribution in [2.45, 2.75) is 25.7 Å². The summed E-state index contributed by atoms with van der Waals surface area (Å²) in [5.74, 6) is 0.956. The van der Waals surface area contributed by atoms with Crippen molar-refractivity contribution in [2.24, 2.45) is 0 Å². The Hall–Kier alpha value is 0.490. The van der Waals surface area contributed by atoms with Crippen molar-refractivity contribution in [1.29, 1.82) is 0 Å². The molecule has 1 nitrogen and oxygen atoms in total. The summed E-state index contributed by atoms with van der Waals surface area (Å²) < 4.78 is 1.19. The SMILES string of the molecule is CC(C)(CNCCCS)c1cc(Br)cs1. The lowest BCUT2D eigenvalue weighted by Gasteiger charge is -2.23. The molecule has 0 aliphatic carbocycles. The van der Waals surface area contributed by atoms with E-state index in [9.17, 15) is 0 Å². The Morgan fingerprint density at radius 1 is 1.53 bits per heavy atom. The Balaban J connectivity index is 2.44. The first kappa shape index (κ1) is 13.6. The Morgan fingerprint density at radius 3 is 2.80 bits per heavy atom. The fourth-order valence-electron chi connectivity index (χ4n) is 1.36. The molecule has 0 atom stereocenters. The van der Waals surface area contributed by atoms with Crippen LogP contribution in [0.25, 0.3) is 0 Å². The van der Waals surface area contributed by atoms with E-state index in [0.717, 1.165) is 25.3 Å². The van der Waals surface area contributed by atoms with Crippen molar-refractivity contribution in [3.8, 4) is 0 Å². The van der Waals surface area contributed by atoms with E-state index in [1.807, 2.05) is 11.3 Å². The first-order valence-corrected chi connectivity index (χ1v) is 7.43. The summed E-state index contributed by atoms with van der Waals surface area (Å²) in [5, 5.41) is 5.62. The van der Waals surface area contributed by atoms with Gasteiger partial charge in [0.05, 0.1) is 0 Å². The largest absolute Gasteiger partial charge is 0.316 e. The second-order valence-electron chi connectivity index (χ2n) is 4.27. The fraction of sp³-hybridized carbons (Fsp3) is 0.636. The van der Waals surface area contributed by atoms with Crippen molar-refractivity contribution in [3.63, 3.8) is 0 Å².